The molecule has 0 aliphatic carbocycles. The van der Waals surface area contributed by atoms with Crippen molar-refractivity contribution >= 4 is 0 Å². The van der Waals surface area contributed by atoms with Gasteiger partial charge in [-0.15, -0.1) is 0 Å². The minimum absolute atomic E-state index is 0.543. The van der Waals surface area contributed by atoms with Crippen LogP contribution in [-0.4, -0.2) is 44.7 Å². The maximum absolute atomic E-state index is 7.00. The monoisotopic (exact) mass is 461 g/mol. The van der Waals surface area contributed by atoms with Crippen LogP contribution in [-0.2, 0) is 9.47 Å². The molecule has 0 saturated carbocycles. The van der Waals surface area contributed by atoms with Crippen molar-refractivity contribution in [3.8, 4) is 0 Å². The number of nitrogens with two attached hydrogens (primary N) is 1. The lowest BCUT2D eigenvalue weighted by Crippen LogP contribution is -2.13. The molecule has 32 heavy (non-hydrogen) atoms. The first-order valence-electron chi connectivity index (χ1n) is 13.2. The lowest BCUT2D eigenvalue weighted by atomic mass is 10.0. The normalized spacial score (nSPS) is 21.1. The van der Waals surface area contributed by atoms with Crippen molar-refractivity contribution < 1.29 is 14.6 Å². The molecule has 0 aromatic rings. The van der Waals surface area contributed by atoms with E-state index in [9.17, 15) is 0 Å². The van der Waals surface area contributed by atoms with Crippen molar-refractivity contribution in [2.24, 2.45) is 17.6 Å². The van der Waals surface area contributed by atoms with Gasteiger partial charge < -0.3 is 20.3 Å². The van der Waals surface area contributed by atoms with E-state index in [1.165, 1.54) is 45.6 Å². The molecule has 4 unspecified atom stereocenters. The molecule has 0 spiro atoms. The van der Waals surface area contributed by atoms with Crippen LogP contribution in [0.15, 0.2) is 24.3 Å². The van der Waals surface area contributed by atoms with Crippen molar-refractivity contribution in [1.29, 1.82) is 0 Å². The van der Waals surface area contributed by atoms with Gasteiger partial charge in [-0.3, -0.25) is 0 Å². The Morgan fingerprint density at radius 1 is 1.00 bits per heavy atom. The zero-order valence-corrected chi connectivity index (χ0v) is 24.1. The molecular formula is C28H63NO3. The first-order chi connectivity index (χ1) is 15.7. The Bertz CT molecular complexity index is 327. The first kappa shape index (κ1) is 41.6. The molecule has 0 bridgehead atoms. The summed E-state index contributed by atoms with van der Waals surface area (Å²) in [5, 5.41) is 7.00. The lowest BCUT2D eigenvalue weighted by Gasteiger charge is -2.16. The second kappa shape index (κ2) is 40.7. The largest absolute Gasteiger partial charge is 0.400 e. The Labute approximate surface area is 204 Å². The van der Waals surface area contributed by atoms with Crippen LogP contribution in [0.25, 0.3) is 0 Å². The molecule has 2 rings (SSSR count). The van der Waals surface area contributed by atoms with Crippen LogP contribution in [0.1, 0.15) is 108 Å². The van der Waals surface area contributed by atoms with E-state index >= 15 is 0 Å². The summed E-state index contributed by atoms with van der Waals surface area (Å²) in [5.41, 5.74) is 4.50. The summed E-state index contributed by atoms with van der Waals surface area (Å²) in [4.78, 5) is 0. The fraction of sp³-hybridized carbons (Fsp3) is 0.857. The summed E-state index contributed by atoms with van der Waals surface area (Å²) in [6.45, 7) is 22.8. The molecule has 4 atom stereocenters. The number of aliphatic hydroxyl groups excluding tert-OH is 1. The third-order valence-corrected chi connectivity index (χ3v) is 4.27. The Morgan fingerprint density at radius 3 is 1.94 bits per heavy atom. The molecule has 198 valence electrons. The Kier molecular flexibility index (Phi) is 52.8. The fourth-order valence-electron chi connectivity index (χ4n) is 2.76. The second-order valence-electron chi connectivity index (χ2n) is 6.80. The van der Waals surface area contributed by atoms with E-state index in [1.54, 1.807) is 0 Å². The van der Waals surface area contributed by atoms with E-state index in [0.717, 1.165) is 26.2 Å². The van der Waals surface area contributed by atoms with Gasteiger partial charge in [-0.2, -0.15) is 0 Å². The van der Waals surface area contributed by atoms with Gasteiger partial charge in [0, 0.05) is 20.3 Å². The van der Waals surface area contributed by atoms with E-state index in [4.69, 9.17) is 14.6 Å². The molecule has 0 aromatic heterocycles. The first-order valence-corrected chi connectivity index (χ1v) is 13.2. The van der Waals surface area contributed by atoms with Crippen LogP contribution in [0.2, 0.25) is 0 Å². The fourth-order valence-corrected chi connectivity index (χ4v) is 2.76. The van der Waals surface area contributed by atoms with Crippen LogP contribution in [0.5, 0.6) is 0 Å². The summed E-state index contributed by atoms with van der Waals surface area (Å²) in [6, 6.07) is 0. The number of unbranched alkanes of at least 4 members (excludes halogenated alkanes) is 1. The van der Waals surface area contributed by atoms with Gasteiger partial charge in [-0.05, 0) is 51.5 Å². The van der Waals surface area contributed by atoms with Gasteiger partial charge in [-0.25, -0.2) is 0 Å². The predicted molar refractivity (Wildman–Crippen MR) is 147 cm³/mol. The third kappa shape index (κ3) is 33.9. The van der Waals surface area contributed by atoms with Gasteiger partial charge in [-0.1, -0.05) is 99.5 Å². The van der Waals surface area contributed by atoms with Crippen molar-refractivity contribution in [1.82, 2.24) is 0 Å². The average Bonchev–Trinajstić information content (AvgIpc) is 3.62. The van der Waals surface area contributed by atoms with Crippen LogP contribution in [0, 0.1) is 11.8 Å². The summed E-state index contributed by atoms with van der Waals surface area (Å²) in [6.07, 6.45) is 17.3. The van der Waals surface area contributed by atoms with Gasteiger partial charge in [0.2, 0.25) is 0 Å². The topological polar surface area (TPSA) is 68.0 Å². The zero-order valence-electron chi connectivity index (χ0n) is 24.1. The van der Waals surface area contributed by atoms with E-state index in [1.807, 2.05) is 48.5 Å². The summed E-state index contributed by atoms with van der Waals surface area (Å²) in [7, 11) is 2.50. The molecule has 2 heterocycles. The zero-order chi connectivity index (χ0) is 26.2. The number of hydrogen-bond acceptors (Lipinski definition) is 4. The Morgan fingerprint density at radius 2 is 1.56 bits per heavy atom. The lowest BCUT2D eigenvalue weighted by molar-refractivity contribution is 0.0616. The molecule has 4 heteroatoms. The number of ether oxygens (including phenoxy) is 2. The highest BCUT2D eigenvalue weighted by Crippen LogP contribution is 2.32. The highest BCUT2D eigenvalue weighted by molar-refractivity contribution is 5.03. The predicted octanol–water partition coefficient (Wildman–Crippen LogP) is 7.80. The van der Waals surface area contributed by atoms with Gasteiger partial charge in [0.15, 0.2) is 0 Å². The molecular weight excluding hydrogens is 398 g/mol. The van der Waals surface area contributed by atoms with Crippen LogP contribution < -0.4 is 5.73 Å². The van der Waals surface area contributed by atoms with E-state index in [0.29, 0.717) is 18.1 Å². The second-order valence-corrected chi connectivity index (χ2v) is 6.80. The molecule has 0 amide bonds. The number of hydrogen-bond donors (Lipinski definition) is 2. The van der Waals surface area contributed by atoms with E-state index in [-0.39, 0.29) is 0 Å². The highest BCUT2D eigenvalue weighted by atomic mass is 16.6. The number of allylic oxidation sites excluding steroid dienone is 4. The number of rotatable bonds is 7. The third-order valence-electron chi connectivity index (χ3n) is 4.27. The quantitative estimate of drug-likeness (QED) is 0.300. The molecule has 3 N–H and O–H groups in total. The molecule has 0 aromatic carbocycles. The Balaban J connectivity index is -0.000000120. The number of aliphatic hydroxyl groups is 1. The SMILES string of the molecule is C/C=C\C=C\C(C)CC1OC1CCCC.CC.CC.CC.CC1CCCOC1.CN.CO. The van der Waals surface area contributed by atoms with Gasteiger partial charge in [0.25, 0.3) is 0 Å². The maximum Gasteiger partial charge on any atom is 0.0847 e. The van der Waals surface area contributed by atoms with Crippen LogP contribution in [0.4, 0.5) is 0 Å². The van der Waals surface area contributed by atoms with Gasteiger partial charge in [0.1, 0.15) is 0 Å². The average molecular weight is 462 g/mol. The smallest absolute Gasteiger partial charge is 0.0847 e. The van der Waals surface area contributed by atoms with Crippen molar-refractivity contribution in [3.05, 3.63) is 24.3 Å². The Hall–Kier alpha value is -0.680. The minimum Gasteiger partial charge on any atom is -0.400 e. The minimum atomic E-state index is 0.543. The van der Waals surface area contributed by atoms with E-state index in [2.05, 4.69) is 50.8 Å². The van der Waals surface area contributed by atoms with Crippen molar-refractivity contribution in [2.75, 3.05) is 27.4 Å². The molecule has 2 fully saturated rings. The standard InChI is InChI=1S/C14H24O.C6H12O.3C2H6.CH5N.CH4O/c1-4-6-8-9-12(3)11-14-13(15-14)10-7-5-2;1-6-3-2-4-7-5-6;5*1-2/h4,6,8-9,12-14H,5,7,10-11H2,1-3H3;6H,2-5H2,1H3;3*1-2H3;2H2,1H3;2H,1H3/b6-4-,9-8+;;;;;;. The molecule has 2 aliphatic heterocycles. The molecule has 0 radical (unpaired) electrons. The van der Waals surface area contributed by atoms with Gasteiger partial charge >= 0.3 is 0 Å². The van der Waals surface area contributed by atoms with E-state index < -0.39 is 0 Å². The van der Waals surface area contributed by atoms with Gasteiger partial charge in [0.05, 0.1) is 12.2 Å². The summed E-state index contributed by atoms with van der Waals surface area (Å²) < 4.78 is 10.8. The van der Waals surface area contributed by atoms with Crippen molar-refractivity contribution in [3.63, 3.8) is 0 Å². The molecule has 2 saturated heterocycles. The molecule has 2 aliphatic rings. The summed E-state index contributed by atoms with van der Waals surface area (Å²) in [5.74, 6) is 1.45. The maximum atomic E-state index is 7.00. The van der Waals surface area contributed by atoms with Crippen LogP contribution >= 0.6 is 0 Å². The molecule has 4 nitrogen and oxygen atoms in total. The number of epoxide rings is 1. The van der Waals surface area contributed by atoms with Crippen molar-refractivity contribution in [2.45, 2.75) is 120 Å². The van der Waals surface area contributed by atoms with Crippen LogP contribution in [0.3, 0.4) is 0 Å². The highest BCUT2D eigenvalue weighted by Gasteiger charge is 2.37. The summed E-state index contributed by atoms with van der Waals surface area (Å²) >= 11 is 0.